The molecule has 0 amide bonds. The second kappa shape index (κ2) is 6.01. The van der Waals surface area contributed by atoms with E-state index in [0.717, 1.165) is 18.4 Å². The summed E-state index contributed by atoms with van der Waals surface area (Å²) in [6.45, 7) is 3.17. The van der Waals surface area contributed by atoms with E-state index < -0.39 is 5.72 Å². The van der Waals surface area contributed by atoms with E-state index in [1.807, 2.05) is 12.1 Å². The first-order valence-electron chi connectivity index (χ1n) is 10.1. The van der Waals surface area contributed by atoms with Crippen molar-refractivity contribution in [1.82, 2.24) is 10.2 Å². The van der Waals surface area contributed by atoms with E-state index in [1.54, 1.807) is 0 Å². The summed E-state index contributed by atoms with van der Waals surface area (Å²) in [6, 6.07) is 9.10. The van der Waals surface area contributed by atoms with Crippen molar-refractivity contribution < 1.29 is 9.90 Å². The van der Waals surface area contributed by atoms with Crippen LogP contribution in [0.3, 0.4) is 0 Å². The van der Waals surface area contributed by atoms with Crippen molar-refractivity contribution in [1.29, 1.82) is 0 Å². The zero-order chi connectivity index (χ0) is 17.9. The van der Waals surface area contributed by atoms with Crippen molar-refractivity contribution in [3.05, 3.63) is 47.5 Å². The van der Waals surface area contributed by atoms with E-state index in [4.69, 9.17) is 0 Å². The Morgan fingerprint density at radius 2 is 2.00 bits per heavy atom. The van der Waals surface area contributed by atoms with Gasteiger partial charge in [-0.1, -0.05) is 56.2 Å². The number of aliphatic hydroxyl groups is 1. The van der Waals surface area contributed by atoms with E-state index in [-0.39, 0.29) is 12.0 Å². The smallest absolute Gasteiger partial charge is 0.150 e. The van der Waals surface area contributed by atoms with Crippen molar-refractivity contribution in [3.63, 3.8) is 0 Å². The van der Waals surface area contributed by atoms with Gasteiger partial charge in [0.25, 0.3) is 0 Å². The van der Waals surface area contributed by atoms with Gasteiger partial charge in [-0.3, -0.25) is 9.69 Å². The van der Waals surface area contributed by atoms with Gasteiger partial charge in [-0.2, -0.15) is 0 Å². The predicted octanol–water partition coefficient (Wildman–Crippen LogP) is 2.69. The number of hydrogen-bond donors (Lipinski definition) is 2. The first kappa shape index (κ1) is 16.7. The van der Waals surface area contributed by atoms with Crippen LogP contribution in [-0.2, 0) is 0 Å². The molecule has 3 heterocycles. The standard InChI is InChI=1S/C22H28N2O2/c1-14(16-8-6-15(13-25)7-9-16)21-18-10-11-20-22(26,24(20)21)19(18)12-23-17-4-2-3-5-17/h6-11,13-14,17-21,23,26H,2-5,12H2,1H3/t14-,18+,19+,20-,21-,22+,24?/m1/s1. The lowest BCUT2D eigenvalue weighted by Crippen LogP contribution is -2.44. The van der Waals surface area contributed by atoms with E-state index in [1.165, 1.54) is 31.2 Å². The zero-order valence-corrected chi connectivity index (χ0v) is 15.3. The minimum atomic E-state index is -0.646. The zero-order valence-electron chi connectivity index (χ0n) is 15.3. The average Bonchev–Trinajstić information content (AvgIpc) is 3.00. The molecule has 26 heavy (non-hydrogen) atoms. The molecule has 5 aliphatic rings. The van der Waals surface area contributed by atoms with E-state index in [9.17, 15) is 9.90 Å². The Morgan fingerprint density at radius 3 is 2.69 bits per heavy atom. The maximum atomic E-state index is 11.3. The van der Waals surface area contributed by atoms with Crippen LogP contribution in [0.1, 0.15) is 54.4 Å². The van der Waals surface area contributed by atoms with Gasteiger partial charge >= 0.3 is 0 Å². The molecule has 3 fully saturated rings. The Labute approximate surface area is 155 Å². The van der Waals surface area contributed by atoms with Gasteiger partial charge in [0.05, 0.1) is 6.04 Å². The van der Waals surface area contributed by atoms with Gasteiger partial charge in [-0.25, -0.2) is 0 Å². The lowest BCUT2D eigenvalue weighted by molar-refractivity contribution is 0.0512. The van der Waals surface area contributed by atoms with Gasteiger partial charge in [0.15, 0.2) is 0 Å². The van der Waals surface area contributed by atoms with Crippen LogP contribution < -0.4 is 5.32 Å². The highest BCUT2D eigenvalue weighted by Gasteiger charge is 2.77. The van der Waals surface area contributed by atoms with Gasteiger partial charge in [-0.15, -0.1) is 0 Å². The third kappa shape index (κ3) is 2.29. The number of benzene rings is 1. The highest BCUT2D eigenvalue weighted by molar-refractivity contribution is 5.74. The fraction of sp³-hybridized carbons (Fsp3) is 0.591. The highest BCUT2D eigenvalue weighted by Crippen LogP contribution is 2.63. The minimum absolute atomic E-state index is 0.185. The molecular weight excluding hydrogens is 324 g/mol. The van der Waals surface area contributed by atoms with Crippen molar-refractivity contribution in [2.75, 3.05) is 6.54 Å². The molecular formula is C22H28N2O2. The Balaban J connectivity index is 1.35. The molecule has 1 unspecified atom stereocenters. The molecule has 0 spiro atoms. The molecule has 3 aliphatic heterocycles. The van der Waals surface area contributed by atoms with Crippen LogP contribution in [0.2, 0.25) is 0 Å². The lowest BCUT2D eigenvalue weighted by Gasteiger charge is -2.35. The maximum absolute atomic E-state index is 11.3. The summed E-state index contributed by atoms with van der Waals surface area (Å²) in [4.78, 5) is 13.2. The summed E-state index contributed by atoms with van der Waals surface area (Å²) in [5.74, 6) is 0.998. The fourth-order valence-corrected chi connectivity index (χ4v) is 5.96. The first-order valence-corrected chi connectivity index (χ1v) is 10.1. The number of nitrogens with zero attached hydrogens (tertiary/aromatic N) is 1. The SMILES string of the molecule is C[C@H](c1ccc(C=O)cc1)[C@@H]1[C@H]2C=C[C@H]3N1[C@]3(O)[C@H]2CNC1CCCC1. The molecule has 1 aromatic carbocycles. The van der Waals surface area contributed by atoms with Gasteiger partial charge in [0.1, 0.15) is 12.0 Å². The van der Waals surface area contributed by atoms with Gasteiger partial charge in [0.2, 0.25) is 0 Å². The number of carbonyl (C=O) groups excluding carboxylic acids is 1. The monoisotopic (exact) mass is 352 g/mol. The molecule has 2 aliphatic carbocycles. The van der Waals surface area contributed by atoms with Gasteiger partial charge in [0, 0.05) is 36.0 Å². The number of hydrogen-bond acceptors (Lipinski definition) is 4. The Kier molecular flexibility index (Phi) is 3.85. The summed E-state index contributed by atoms with van der Waals surface area (Å²) in [5.41, 5.74) is 1.32. The average molecular weight is 352 g/mol. The van der Waals surface area contributed by atoms with Crippen LogP contribution in [0.25, 0.3) is 0 Å². The third-order valence-electron chi connectivity index (χ3n) is 7.41. The normalized spacial score (nSPS) is 41.4. The van der Waals surface area contributed by atoms with E-state index >= 15 is 0 Å². The van der Waals surface area contributed by atoms with Gasteiger partial charge < -0.3 is 10.4 Å². The number of aldehydes is 1. The quantitative estimate of drug-likeness (QED) is 0.470. The molecule has 0 aromatic heterocycles. The van der Waals surface area contributed by atoms with Crippen LogP contribution in [0.4, 0.5) is 0 Å². The second-order valence-corrected chi connectivity index (χ2v) is 8.66. The summed E-state index contributed by atoms with van der Waals surface area (Å²) < 4.78 is 0. The van der Waals surface area contributed by atoms with Crippen molar-refractivity contribution >= 4 is 6.29 Å². The largest absolute Gasteiger partial charge is 0.373 e. The molecule has 4 heteroatoms. The van der Waals surface area contributed by atoms with Crippen molar-refractivity contribution in [3.8, 4) is 0 Å². The van der Waals surface area contributed by atoms with Crippen molar-refractivity contribution in [2.24, 2.45) is 11.8 Å². The molecule has 138 valence electrons. The minimum Gasteiger partial charge on any atom is -0.373 e. The number of rotatable bonds is 6. The summed E-state index contributed by atoms with van der Waals surface area (Å²) in [7, 11) is 0. The Bertz CT molecular complexity index is 724. The van der Waals surface area contributed by atoms with Crippen LogP contribution in [0, 0.1) is 11.8 Å². The highest BCUT2D eigenvalue weighted by atomic mass is 16.3. The van der Waals surface area contributed by atoms with Crippen molar-refractivity contribution in [2.45, 2.75) is 62.4 Å². The molecule has 6 rings (SSSR count). The third-order valence-corrected chi connectivity index (χ3v) is 7.41. The molecule has 4 bridgehead atoms. The maximum Gasteiger partial charge on any atom is 0.150 e. The van der Waals surface area contributed by atoms with Crippen LogP contribution in [-0.4, -0.2) is 46.7 Å². The fourth-order valence-electron chi connectivity index (χ4n) is 5.96. The molecule has 1 saturated carbocycles. The molecule has 2 saturated heterocycles. The number of carbonyl (C=O) groups is 1. The number of nitrogens with one attached hydrogen (secondary N) is 1. The second-order valence-electron chi connectivity index (χ2n) is 8.66. The van der Waals surface area contributed by atoms with E-state index in [2.05, 4.69) is 41.4 Å². The van der Waals surface area contributed by atoms with Crippen LogP contribution >= 0.6 is 0 Å². The molecule has 7 atom stereocenters. The van der Waals surface area contributed by atoms with Gasteiger partial charge in [-0.05, 0) is 24.3 Å². The van der Waals surface area contributed by atoms with Crippen LogP contribution in [0.15, 0.2) is 36.4 Å². The summed E-state index contributed by atoms with van der Waals surface area (Å²) >= 11 is 0. The molecule has 1 aromatic rings. The molecule has 4 nitrogen and oxygen atoms in total. The Morgan fingerprint density at radius 1 is 1.27 bits per heavy atom. The molecule has 0 radical (unpaired) electrons. The first-order chi connectivity index (χ1) is 12.6. The summed E-state index contributed by atoms with van der Waals surface area (Å²) in [6.07, 6.45) is 10.7. The lowest BCUT2D eigenvalue weighted by atomic mass is 9.74. The number of piperidine rings is 1. The van der Waals surface area contributed by atoms with Crippen LogP contribution in [0.5, 0.6) is 0 Å². The predicted molar refractivity (Wildman–Crippen MR) is 101 cm³/mol. The molecule has 2 N–H and O–H groups in total. The summed E-state index contributed by atoms with van der Waals surface area (Å²) in [5, 5.41) is 15.1. The Hall–Kier alpha value is -1.49. The van der Waals surface area contributed by atoms with E-state index in [0.29, 0.717) is 23.9 Å². The topological polar surface area (TPSA) is 52.3 Å².